The number of hydrogen-bond donors (Lipinski definition) is 3. The first-order valence-corrected chi connectivity index (χ1v) is 17.2. The van der Waals surface area contributed by atoms with Gasteiger partial charge in [-0.25, -0.2) is 4.79 Å². The molecule has 0 fully saturated rings. The molecule has 7 nitrogen and oxygen atoms in total. The van der Waals surface area contributed by atoms with Crippen LogP contribution >= 0.6 is 0 Å². The van der Waals surface area contributed by atoms with E-state index in [0.29, 0.717) is 36.0 Å². The molecule has 5 aromatic rings. The molecule has 0 heterocycles. The number of benzene rings is 5. The lowest BCUT2D eigenvalue weighted by Crippen LogP contribution is -2.25. The van der Waals surface area contributed by atoms with E-state index in [-0.39, 0.29) is 27.9 Å². The van der Waals surface area contributed by atoms with Crippen LogP contribution in [0.4, 0.5) is 10.5 Å². The van der Waals surface area contributed by atoms with Crippen LogP contribution < -0.4 is 20.1 Å². The molecule has 0 aliphatic heterocycles. The zero-order valence-corrected chi connectivity index (χ0v) is 29.5. The molecule has 0 bridgehead atoms. The molecule has 0 aromatic heterocycles. The summed E-state index contributed by atoms with van der Waals surface area (Å²) in [4.78, 5) is 26.4. The second-order valence-electron chi connectivity index (χ2n) is 13.9. The van der Waals surface area contributed by atoms with Crippen LogP contribution in [0.3, 0.4) is 0 Å². The van der Waals surface area contributed by atoms with E-state index >= 15 is 0 Å². The summed E-state index contributed by atoms with van der Waals surface area (Å²) in [7, 11) is 0. The van der Waals surface area contributed by atoms with Gasteiger partial charge >= 0.3 is 6.09 Å². The fraction of sp³-hybridized carbons (Fsp3) is 0.333. The minimum Gasteiger partial charge on any atom is -0.506 e. The molecule has 0 aliphatic carbocycles. The number of unbranched alkanes of at least 4 members (excludes halogenated alkanes) is 1. The number of amides is 2. The Kier molecular flexibility index (Phi) is 10.8. The lowest BCUT2D eigenvalue weighted by molar-refractivity contribution is 0.0949. The Morgan fingerprint density at radius 1 is 0.735 bits per heavy atom. The molecular weight excluding hydrogens is 612 g/mol. The summed E-state index contributed by atoms with van der Waals surface area (Å²) in [6.07, 6.45) is 2.77. The van der Waals surface area contributed by atoms with Crippen LogP contribution in [0.5, 0.6) is 17.2 Å². The number of hydrogen-bond acceptors (Lipinski definition) is 5. The van der Waals surface area contributed by atoms with Crippen molar-refractivity contribution in [1.82, 2.24) is 5.32 Å². The molecule has 0 unspecified atom stereocenters. The maximum Gasteiger partial charge on any atom is 0.417 e. The van der Waals surface area contributed by atoms with Crippen molar-refractivity contribution in [2.75, 3.05) is 18.5 Å². The van der Waals surface area contributed by atoms with Crippen LogP contribution in [0.25, 0.3) is 21.5 Å². The molecule has 0 saturated carbocycles. The third-order valence-corrected chi connectivity index (χ3v) is 9.82. The van der Waals surface area contributed by atoms with Gasteiger partial charge in [0, 0.05) is 28.3 Å². The zero-order valence-electron chi connectivity index (χ0n) is 29.5. The molecular formula is C42H48N2O5. The molecule has 3 N–H and O–H groups in total. The Morgan fingerprint density at radius 3 is 2.14 bits per heavy atom. The largest absolute Gasteiger partial charge is 0.506 e. The summed E-state index contributed by atoms with van der Waals surface area (Å²) in [6, 6.07) is 28.3. The van der Waals surface area contributed by atoms with Gasteiger partial charge in [0.1, 0.15) is 17.2 Å². The van der Waals surface area contributed by atoms with Crippen LogP contribution in [-0.4, -0.2) is 30.3 Å². The Morgan fingerprint density at radius 2 is 1.41 bits per heavy atom. The van der Waals surface area contributed by atoms with Crippen molar-refractivity contribution < 1.29 is 24.2 Å². The lowest BCUT2D eigenvalue weighted by Gasteiger charge is -2.30. The third kappa shape index (κ3) is 7.99. The molecule has 49 heavy (non-hydrogen) atoms. The standard InChI is InChI=1S/C42H48N2O5/c1-7-41(3,4)29-22-23-36(34(26-29)42(5,6)8-2)48-25-14-13-24-43-39(46)33-27-37(31-19-11-12-20-32(31)38(33)45)49-40(47)44-35-21-15-17-28-16-9-10-18-30(28)35/h9-12,15-23,26-27,45H,7-8,13-14,24-25H2,1-6H3,(H,43,46)(H,44,47). The average molecular weight is 661 g/mol. The zero-order chi connectivity index (χ0) is 35.2. The van der Waals surface area contributed by atoms with Crippen molar-refractivity contribution in [2.24, 2.45) is 0 Å². The number of phenols is 1. The van der Waals surface area contributed by atoms with Crippen molar-refractivity contribution in [3.8, 4) is 17.2 Å². The van der Waals surface area contributed by atoms with Gasteiger partial charge in [-0.15, -0.1) is 0 Å². The SMILES string of the molecule is CCC(C)(C)c1ccc(OCCCCNC(=O)c2cc(OC(=O)Nc3cccc4ccccc34)c3ccccc3c2O)c(C(C)(C)CC)c1. The second kappa shape index (κ2) is 15.0. The summed E-state index contributed by atoms with van der Waals surface area (Å²) in [5.74, 6) is 0.456. The monoisotopic (exact) mass is 660 g/mol. The third-order valence-electron chi connectivity index (χ3n) is 9.82. The predicted octanol–water partition coefficient (Wildman–Crippen LogP) is 10.3. The van der Waals surface area contributed by atoms with Crippen LogP contribution in [0, 0.1) is 0 Å². The summed E-state index contributed by atoms with van der Waals surface area (Å²) < 4.78 is 12.0. The van der Waals surface area contributed by atoms with Crippen molar-refractivity contribution in [3.63, 3.8) is 0 Å². The van der Waals surface area contributed by atoms with Gasteiger partial charge in [-0.05, 0) is 65.7 Å². The van der Waals surface area contributed by atoms with Gasteiger partial charge in [0.15, 0.2) is 0 Å². The minimum atomic E-state index is -0.701. The van der Waals surface area contributed by atoms with E-state index in [9.17, 15) is 14.7 Å². The van der Waals surface area contributed by atoms with Gasteiger partial charge in [0.25, 0.3) is 5.91 Å². The first kappa shape index (κ1) is 35.3. The number of ether oxygens (including phenoxy) is 2. The van der Waals surface area contributed by atoms with Gasteiger partial charge in [-0.3, -0.25) is 10.1 Å². The van der Waals surface area contributed by atoms with Crippen molar-refractivity contribution in [1.29, 1.82) is 0 Å². The van der Waals surface area contributed by atoms with E-state index in [4.69, 9.17) is 9.47 Å². The highest BCUT2D eigenvalue weighted by Gasteiger charge is 2.27. The Bertz CT molecular complexity index is 1960. The molecule has 0 saturated heterocycles. The Labute approximate surface area is 289 Å². The van der Waals surface area contributed by atoms with E-state index in [1.165, 1.54) is 17.2 Å². The topological polar surface area (TPSA) is 96.9 Å². The summed E-state index contributed by atoms with van der Waals surface area (Å²) in [5, 5.41) is 19.6. The van der Waals surface area contributed by atoms with Crippen LogP contribution in [-0.2, 0) is 10.8 Å². The van der Waals surface area contributed by atoms with Gasteiger partial charge in [-0.2, -0.15) is 0 Å². The van der Waals surface area contributed by atoms with Gasteiger partial charge in [-0.1, -0.05) is 114 Å². The molecule has 256 valence electrons. The molecule has 0 atom stereocenters. The summed E-state index contributed by atoms with van der Waals surface area (Å²) >= 11 is 0. The number of fused-ring (bicyclic) bond motifs is 2. The highest BCUT2D eigenvalue weighted by molar-refractivity contribution is 6.07. The van der Waals surface area contributed by atoms with Gasteiger partial charge in [0.2, 0.25) is 0 Å². The molecule has 0 radical (unpaired) electrons. The quantitative estimate of drug-likeness (QED) is 0.109. The first-order valence-electron chi connectivity index (χ1n) is 17.2. The first-order chi connectivity index (χ1) is 23.4. The molecule has 5 rings (SSSR count). The minimum absolute atomic E-state index is 0.0236. The smallest absolute Gasteiger partial charge is 0.417 e. The number of nitrogens with one attached hydrogen (secondary N) is 2. The molecule has 2 amide bonds. The molecule has 7 heteroatoms. The number of rotatable bonds is 13. The summed E-state index contributed by atoms with van der Waals surface area (Å²) in [6.45, 7) is 14.4. The number of aromatic hydroxyl groups is 1. The normalized spacial score (nSPS) is 11.8. The fourth-order valence-electron chi connectivity index (χ4n) is 5.86. The molecule has 5 aromatic carbocycles. The van der Waals surface area contributed by atoms with E-state index < -0.39 is 12.0 Å². The number of carbonyl (C=O) groups is 2. The number of carbonyl (C=O) groups excluding carboxylic acids is 2. The lowest BCUT2D eigenvalue weighted by atomic mass is 9.76. The van der Waals surface area contributed by atoms with Crippen LogP contribution in [0.2, 0.25) is 0 Å². The predicted molar refractivity (Wildman–Crippen MR) is 199 cm³/mol. The van der Waals surface area contributed by atoms with Gasteiger partial charge < -0.3 is 19.9 Å². The maximum atomic E-state index is 13.3. The molecule has 0 spiro atoms. The van der Waals surface area contributed by atoms with Crippen LogP contribution in [0.15, 0.2) is 91.0 Å². The fourth-order valence-corrected chi connectivity index (χ4v) is 5.86. The number of phenolic OH excluding ortho intramolecular Hbond substituents is 1. The van der Waals surface area contributed by atoms with E-state index in [2.05, 4.69) is 70.4 Å². The Hall–Kier alpha value is -5.04. The van der Waals surface area contributed by atoms with Gasteiger partial charge in [0.05, 0.1) is 17.9 Å². The van der Waals surface area contributed by atoms with Crippen LogP contribution in [0.1, 0.15) is 88.7 Å². The maximum absolute atomic E-state index is 13.3. The Balaban J connectivity index is 1.22. The van der Waals surface area contributed by atoms with Crippen molar-refractivity contribution in [2.45, 2.75) is 78.1 Å². The second-order valence-corrected chi connectivity index (χ2v) is 13.9. The van der Waals surface area contributed by atoms with Crippen molar-refractivity contribution >= 4 is 39.2 Å². The van der Waals surface area contributed by atoms with E-state index in [1.807, 2.05) is 36.4 Å². The highest BCUT2D eigenvalue weighted by atomic mass is 16.6. The van der Waals surface area contributed by atoms with E-state index in [1.54, 1.807) is 30.3 Å². The van der Waals surface area contributed by atoms with Crippen molar-refractivity contribution in [3.05, 3.63) is 108 Å². The molecule has 0 aliphatic rings. The van der Waals surface area contributed by atoms with E-state index in [0.717, 1.165) is 35.8 Å². The number of anilines is 1. The summed E-state index contributed by atoms with van der Waals surface area (Å²) in [5.41, 5.74) is 3.24. The average Bonchev–Trinajstić information content (AvgIpc) is 3.11. The highest BCUT2D eigenvalue weighted by Crippen LogP contribution is 2.39.